The second-order valence-electron chi connectivity index (χ2n) is 7.67. The third kappa shape index (κ3) is 3.34. The molecule has 0 aliphatic carbocycles. The fraction of sp³-hybridized carbons (Fsp3) is 0.500. The van der Waals surface area contributed by atoms with Crippen LogP contribution >= 0.6 is 11.8 Å². The van der Waals surface area contributed by atoms with Crippen molar-refractivity contribution in [1.29, 1.82) is 0 Å². The van der Waals surface area contributed by atoms with Crippen LogP contribution in [0.3, 0.4) is 0 Å². The molecule has 0 bridgehead atoms. The fourth-order valence-electron chi connectivity index (χ4n) is 4.00. The molecular formula is C20H25N3O3S. The Morgan fingerprint density at radius 2 is 2.15 bits per heavy atom. The van der Waals surface area contributed by atoms with Gasteiger partial charge in [-0.1, -0.05) is 30.0 Å². The third-order valence-corrected chi connectivity index (χ3v) is 6.37. The van der Waals surface area contributed by atoms with Crippen LogP contribution in [0.25, 0.3) is 0 Å². The zero-order valence-electron chi connectivity index (χ0n) is 16.1. The Labute approximate surface area is 163 Å². The van der Waals surface area contributed by atoms with Crippen LogP contribution in [0.4, 0.5) is 5.82 Å². The summed E-state index contributed by atoms with van der Waals surface area (Å²) in [4.78, 5) is 17.7. The number of fused-ring (bicyclic) bond motifs is 1. The van der Waals surface area contributed by atoms with Gasteiger partial charge in [0.1, 0.15) is 5.75 Å². The van der Waals surface area contributed by atoms with E-state index in [0.717, 1.165) is 35.0 Å². The van der Waals surface area contributed by atoms with Gasteiger partial charge in [-0.05, 0) is 39.7 Å². The average Bonchev–Trinajstić information content (AvgIpc) is 2.96. The number of aromatic amines is 1. The van der Waals surface area contributed by atoms with Gasteiger partial charge in [-0.2, -0.15) is 0 Å². The lowest BCUT2D eigenvalue weighted by atomic mass is 9.94. The highest BCUT2D eigenvalue weighted by molar-refractivity contribution is 8.14. The number of methoxy groups -OCH3 is 1. The smallest absolute Gasteiger partial charge is 0.271 e. The van der Waals surface area contributed by atoms with Gasteiger partial charge in [0.15, 0.2) is 5.82 Å². The van der Waals surface area contributed by atoms with Crippen LogP contribution in [0.1, 0.15) is 56.0 Å². The molecule has 7 heteroatoms. The van der Waals surface area contributed by atoms with Gasteiger partial charge >= 0.3 is 0 Å². The fourth-order valence-corrected chi connectivity index (χ4v) is 5.13. The summed E-state index contributed by atoms with van der Waals surface area (Å²) in [5.41, 5.74) is 1.42. The van der Waals surface area contributed by atoms with Gasteiger partial charge in [0, 0.05) is 12.2 Å². The van der Waals surface area contributed by atoms with E-state index >= 15 is 0 Å². The monoisotopic (exact) mass is 387 g/mol. The number of nitrogens with zero attached hydrogens (tertiary/aromatic N) is 2. The van der Waals surface area contributed by atoms with E-state index in [4.69, 9.17) is 14.5 Å². The molecule has 2 atom stereocenters. The van der Waals surface area contributed by atoms with Crippen molar-refractivity contribution < 1.29 is 9.47 Å². The van der Waals surface area contributed by atoms with Crippen molar-refractivity contribution in [3.8, 4) is 5.75 Å². The Balaban J connectivity index is 1.82. The van der Waals surface area contributed by atoms with Gasteiger partial charge in [0.25, 0.3) is 5.56 Å². The van der Waals surface area contributed by atoms with E-state index in [1.54, 1.807) is 18.9 Å². The molecule has 0 spiro atoms. The Hall–Kier alpha value is -1.99. The van der Waals surface area contributed by atoms with Crippen LogP contribution in [-0.2, 0) is 4.74 Å². The van der Waals surface area contributed by atoms with Crippen LogP contribution in [0.5, 0.6) is 5.75 Å². The molecular weight excluding hydrogens is 362 g/mol. The topological polar surface area (TPSA) is 68.6 Å². The van der Waals surface area contributed by atoms with E-state index in [-0.39, 0.29) is 22.5 Å². The van der Waals surface area contributed by atoms with Crippen LogP contribution in [0.15, 0.2) is 34.1 Å². The number of ether oxygens (including phenoxy) is 2. The Kier molecular flexibility index (Phi) is 4.68. The van der Waals surface area contributed by atoms with E-state index in [1.807, 2.05) is 35.9 Å². The highest BCUT2D eigenvalue weighted by atomic mass is 32.2. The third-order valence-electron chi connectivity index (χ3n) is 5.21. The van der Waals surface area contributed by atoms with Gasteiger partial charge in [-0.25, -0.2) is 4.99 Å². The minimum atomic E-state index is -0.207. The van der Waals surface area contributed by atoms with Crippen molar-refractivity contribution in [3.63, 3.8) is 0 Å². The van der Waals surface area contributed by atoms with Crippen molar-refractivity contribution in [2.45, 2.75) is 50.5 Å². The van der Waals surface area contributed by atoms with Crippen molar-refractivity contribution in [3.05, 3.63) is 45.7 Å². The zero-order valence-corrected chi connectivity index (χ0v) is 16.9. The van der Waals surface area contributed by atoms with E-state index in [2.05, 4.69) is 18.9 Å². The van der Waals surface area contributed by atoms with E-state index in [1.165, 1.54) is 0 Å². The minimum Gasteiger partial charge on any atom is -0.496 e. The molecule has 3 heterocycles. The number of rotatable bonds is 3. The predicted molar refractivity (Wildman–Crippen MR) is 109 cm³/mol. The molecule has 0 amide bonds. The maximum absolute atomic E-state index is 12.9. The Morgan fingerprint density at radius 3 is 2.89 bits per heavy atom. The number of nitrogens with one attached hydrogen (secondary N) is 1. The molecule has 144 valence electrons. The average molecular weight is 388 g/mol. The van der Waals surface area contributed by atoms with Gasteiger partial charge in [-0.15, -0.1) is 0 Å². The quantitative estimate of drug-likeness (QED) is 0.857. The maximum Gasteiger partial charge on any atom is 0.271 e. The van der Waals surface area contributed by atoms with Crippen LogP contribution in [0, 0.1) is 0 Å². The summed E-state index contributed by atoms with van der Waals surface area (Å²) in [6.45, 7) is 6.86. The number of benzene rings is 1. The van der Waals surface area contributed by atoms with E-state index in [9.17, 15) is 4.79 Å². The second kappa shape index (κ2) is 6.87. The number of thioether (sulfide) groups is 1. The van der Waals surface area contributed by atoms with Gasteiger partial charge in [0.2, 0.25) is 0 Å². The molecule has 1 fully saturated rings. The zero-order chi connectivity index (χ0) is 19.2. The van der Waals surface area contributed by atoms with Gasteiger partial charge < -0.3 is 9.47 Å². The molecule has 1 saturated heterocycles. The molecule has 1 N–H and O–H groups in total. The summed E-state index contributed by atoms with van der Waals surface area (Å²) in [5.74, 6) is 1.53. The molecule has 1 aromatic heterocycles. The summed E-state index contributed by atoms with van der Waals surface area (Å²) < 4.78 is 13.4. The minimum absolute atomic E-state index is 0.0750. The number of para-hydroxylation sites is 1. The number of aromatic nitrogens is 2. The maximum atomic E-state index is 12.9. The first-order valence-corrected chi connectivity index (χ1v) is 10.1. The summed E-state index contributed by atoms with van der Waals surface area (Å²) in [6.07, 6.45) is 1.70. The first-order valence-electron chi connectivity index (χ1n) is 9.23. The predicted octanol–water partition coefficient (Wildman–Crippen LogP) is 4.20. The Bertz CT molecular complexity index is 944. The van der Waals surface area contributed by atoms with Crippen molar-refractivity contribution in [2.75, 3.05) is 13.7 Å². The summed E-state index contributed by atoms with van der Waals surface area (Å²) in [5, 5.41) is 3.87. The first kappa shape index (κ1) is 18.4. The molecule has 6 nitrogen and oxygen atoms in total. The number of hydrogen-bond acceptors (Lipinski definition) is 5. The lowest BCUT2D eigenvalue weighted by molar-refractivity contribution is -0.0705. The van der Waals surface area contributed by atoms with Crippen molar-refractivity contribution in [2.24, 2.45) is 4.99 Å². The standard InChI is InChI=1S/C20H25N3O3S/c1-12-21-18-16(17(27-12)14-7-5-6-8-15(14)25-4)19(24)22-23(18)13-9-10-26-20(2,3)11-13/h5-8,13,17H,9-11H2,1-4H3,(H,22,24)/t13-,17-/m0/s1. The Morgan fingerprint density at radius 1 is 1.37 bits per heavy atom. The second-order valence-corrected chi connectivity index (χ2v) is 8.97. The lowest BCUT2D eigenvalue weighted by Crippen LogP contribution is -2.35. The van der Waals surface area contributed by atoms with Crippen molar-refractivity contribution >= 4 is 22.6 Å². The SMILES string of the molecule is COc1ccccc1[C@@H]1SC(C)=Nc2c1c(=O)[nH]n2[C@H]1CCOC(C)(C)C1. The molecule has 2 aromatic rings. The summed E-state index contributed by atoms with van der Waals surface area (Å²) in [7, 11) is 1.66. The molecule has 0 radical (unpaired) electrons. The largest absolute Gasteiger partial charge is 0.496 e. The molecule has 2 aliphatic rings. The van der Waals surface area contributed by atoms with E-state index < -0.39 is 0 Å². The first-order chi connectivity index (χ1) is 12.9. The lowest BCUT2D eigenvalue weighted by Gasteiger charge is -2.36. The highest BCUT2D eigenvalue weighted by Crippen LogP contribution is 2.47. The van der Waals surface area contributed by atoms with Crippen molar-refractivity contribution in [1.82, 2.24) is 9.78 Å². The molecule has 1 aromatic carbocycles. The van der Waals surface area contributed by atoms with Gasteiger partial charge in [0.05, 0.1) is 34.6 Å². The van der Waals surface area contributed by atoms with E-state index in [0.29, 0.717) is 12.2 Å². The molecule has 4 rings (SSSR count). The number of H-pyrrole nitrogens is 1. The van der Waals surface area contributed by atoms with Gasteiger partial charge in [-0.3, -0.25) is 14.6 Å². The van der Waals surface area contributed by atoms with Crippen LogP contribution in [-0.4, -0.2) is 34.1 Å². The molecule has 0 saturated carbocycles. The van der Waals surface area contributed by atoms with Crippen LogP contribution < -0.4 is 10.3 Å². The number of hydrogen-bond donors (Lipinski definition) is 1. The molecule has 2 aliphatic heterocycles. The molecule has 27 heavy (non-hydrogen) atoms. The summed E-state index contributed by atoms with van der Waals surface area (Å²) >= 11 is 1.60. The highest BCUT2D eigenvalue weighted by Gasteiger charge is 2.36. The summed E-state index contributed by atoms with van der Waals surface area (Å²) in [6, 6.07) is 8.04. The van der Waals surface area contributed by atoms with Crippen LogP contribution in [0.2, 0.25) is 0 Å². The normalized spacial score (nSPS) is 24.2. The molecule has 0 unspecified atom stereocenters. The number of aliphatic imine (C=N–C) groups is 1.